The maximum absolute atomic E-state index is 12.3. The van der Waals surface area contributed by atoms with E-state index in [-0.39, 0.29) is 12.5 Å². The molecule has 2 aromatic heterocycles. The van der Waals surface area contributed by atoms with Crippen LogP contribution in [-0.4, -0.2) is 30.6 Å². The van der Waals surface area contributed by atoms with Gasteiger partial charge in [0.25, 0.3) is 0 Å². The standard InChI is InChI=1S/C14H12N6O3S/c21-11(8-19-9-16-14(18-19)20(22)23)17-12(13-15-6-7-24-13)10-4-2-1-3-5-10/h1-7,9,12H,8H2,(H,17,21). The molecular weight excluding hydrogens is 332 g/mol. The SMILES string of the molecule is O=C(Cn1cnc([N+](=O)[O-])n1)NC(c1ccccc1)c1nccs1. The van der Waals surface area contributed by atoms with Gasteiger partial charge in [0.1, 0.15) is 17.6 Å². The zero-order chi connectivity index (χ0) is 16.9. The molecule has 0 aliphatic rings. The molecule has 9 nitrogen and oxygen atoms in total. The highest BCUT2D eigenvalue weighted by Gasteiger charge is 2.21. The molecule has 3 rings (SSSR count). The molecule has 3 aromatic rings. The molecule has 1 atom stereocenters. The van der Waals surface area contributed by atoms with Gasteiger partial charge in [0, 0.05) is 16.7 Å². The normalized spacial score (nSPS) is 11.8. The molecule has 1 unspecified atom stereocenters. The number of benzene rings is 1. The van der Waals surface area contributed by atoms with E-state index in [0.29, 0.717) is 0 Å². The van der Waals surface area contributed by atoms with Crippen LogP contribution >= 0.6 is 11.3 Å². The van der Waals surface area contributed by atoms with E-state index in [0.717, 1.165) is 21.6 Å². The van der Waals surface area contributed by atoms with E-state index in [2.05, 4.69) is 20.4 Å². The van der Waals surface area contributed by atoms with Gasteiger partial charge < -0.3 is 15.4 Å². The van der Waals surface area contributed by atoms with Crippen molar-refractivity contribution in [3.05, 3.63) is 68.9 Å². The fraction of sp³-hybridized carbons (Fsp3) is 0.143. The third-order valence-corrected chi connectivity index (χ3v) is 3.97. The van der Waals surface area contributed by atoms with Gasteiger partial charge in [-0.05, 0) is 10.5 Å². The van der Waals surface area contributed by atoms with Crippen LogP contribution in [0.5, 0.6) is 0 Å². The molecule has 0 saturated carbocycles. The fourth-order valence-corrected chi connectivity index (χ4v) is 2.82. The maximum Gasteiger partial charge on any atom is 0.490 e. The molecule has 122 valence electrons. The number of carbonyl (C=O) groups is 1. The molecule has 0 aliphatic carbocycles. The van der Waals surface area contributed by atoms with Crippen LogP contribution in [0.25, 0.3) is 0 Å². The number of aromatic nitrogens is 4. The van der Waals surface area contributed by atoms with Crippen molar-refractivity contribution in [1.29, 1.82) is 0 Å². The van der Waals surface area contributed by atoms with Crippen LogP contribution in [0.15, 0.2) is 48.2 Å². The number of carbonyl (C=O) groups excluding carboxylic acids is 1. The van der Waals surface area contributed by atoms with Gasteiger partial charge >= 0.3 is 5.95 Å². The van der Waals surface area contributed by atoms with Crippen LogP contribution in [0.1, 0.15) is 16.6 Å². The summed E-state index contributed by atoms with van der Waals surface area (Å²) in [5, 5.41) is 19.7. The van der Waals surface area contributed by atoms with Crippen molar-refractivity contribution in [1.82, 2.24) is 25.1 Å². The highest BCUT2D eigenvalue weighted by molar-refractivity contribution is 7.09. The predicted molar refractivity (Wildman–Crippen MR) is 85.2 cm³/mol. The van der Waals surface area contributed by atoms with Gasteiger partial charge in [-0.3, -0.25) is 4.79 Å². The number of nitrogens with zero attached hydrogens (tertiary/aromatic N) is 5. The van der Waals surface area contributed by atoms with Crippen LogP contribution in [0, 0.1) is 10.1 Å². The number of nitrogens with one attached hydrogen (secondary N) is 1. The highest BCUT2D eigenvalue weighted by atomic mass is 32.1. The molecule has 0 aliphatic heterocycles. The average Bonchev–Trinajstić information content (AvgIpc) is 3.25. The van der Waals surface area contributed by atoms with Gasteiger partial charge in [-0.2, -0.15) is 4.68 Å². The largest absolute Gasteiger partial charge is 0.490 e. The topological polar surface area (TPSA) is 116 Å². The fourth-order valence-electron chi connectivity index (χ4n) is 2.11. The average molecular weight is 344 g/mol. The minimum absolute atomic E-state index is 0.171. The summed E-state index contributed by atoms with van der Waals surface area (Å²) in [7, 11) is 0. The Hall–Kier alpha value is -3.14. The zero-order valence-electron chi connectivity index (χ0n) is 12.3. The summed E-state index contributed by atoms with van der Waals surface area (Å²) in [6.45, 7) is -0.171. The lowest BCUT2D eigenvalue weighted by Gasteiger charge is -2.16. The molecule has 1 N–H and O–H groups in total. The van der Waals surface area contributed by atoms with Crippen molar-refractivity contribution < 1.29 is 9.72 Å². The van der Waals surface area contributed by atoms with E-state index in [1.807, 2.05) is 35.7 Å². The molecule has 0 saturated heterocycles. The molecule has 0 fully saturated rings. The lowest BCUT2D eigenvalue weighted by Crippen LogP contribution is -2.32. The minimum atomic E-state index is -0.712. The van der Waals surface area contributed by atoms with Gasteiger partial charge in [0.2, 0.25) is 12.2 Å². The number of rotatable bonds is 6. The third kappa shape index (κ3) is 3.60. The van der Waals surface area contributed by atoms with Crippen LogP contribution in [0.4, 0.5) is 5.95 Å². The monoisotopic (exact) mass is 344 g/mol. The molecule has 1 amide bonds. The molecule has 1 aromatic carbocycles. The van der Waals surface area contributed by atoms with Gasteiger partial charge in [-0.25, -0.2) is 4.98 Å². The first-order chi connectivity index (χ1) is 11.6. The molecule has 0 radical (unpaired) electrons. The second-order valence-electron chi connectivity index (χ2n) is 4.78. The first-order valence-corrected chi connectivity index (χ1v) is 7.79. The minimum Gasteiger partial charge on any atom is -0.390 e. The number of nitro groups is 1. The van der Waals surface area contributed by atoms with Crippen LogP contribution in [-0.2, 0) is 11.3 Å². The molecule has 24 heavy (non-hydrogen) atoms. The Morgan fingerprint density at radius 1 is 1.33 bits per heavy atom. The van der Waals surface area contributed by atoms with Crippen molar-refractivity contribution in [3.8, 4) is 0 Å². The van der Waals surface area contributed by atoms with Crippen molar-refractivity contribution in [2.45, 2.75) is 12.6 Å². The summed E-state index contributed by atoms with van der Waals surface area (Å²) in [5.41, 5.74) is 0.894. The number of amides is 1. The van der Waals surface area contributed by atoms with Crippen molar-refractivity contribution >= 4 is 23.2 Å². The molecule has 2 heterocycles. The lowest BCUT2D eigenvalue weighted by molar-refractivity contribution is -0.394. The van der Waals surface area contributed by atoms with E-state index in [1.165, 1.54) is 11.3 Å². The summed E-state index contributed by atoms with van der Waals surface area (Å²) in [6.07, 6.45) is 2.82. The Balaban J connectivity index is 1.75. The maximum atomic E-state index is 12.3. The lowest BCUT2D eigenvalue weighted by atomic mass is 10.1. The molecule has 0 spiro atoms. The summed E-state index contributed by atoms with van der Waals surface area (Å²) >= 11 is 1.43. The summed E-state index contributed by atoms with van der Waals surface area (Å²) in [5.74, 6) is -0.888. The number of thiazole rings is 1. The van der Waals surface area contributed by atoms with Gasteiger partial charge in [-0.15, -0.1) is 11.3 Å². The summed E-state index contributed by atoms with van der Waals surface area (Å²) in [4.78, 5) is 29.9. The van der Waals surface area contributed by atoms with E-state index in [1.54, 1.807) is 6.20 Å². The van der Waals surface area contributed by atoms with E-state index in [4.69, 9.17) is 0 Å². The Kier molecular flexibility index (Phi) is 4.57. The van der Waals surface area contributed by atoms with E-state index in [9.17, 15) is 14.9 Å². The van der Waals surface area contributed by atoms with Gasteiger partial charge in [0.15, 0.2) is 0 Å². The first kappa shape index (κ1) is 15.7. The Morgan fingerprint density at radius 3 is 2.75 bits per heavy atom. The Morgan fingerprint density at radius 2 is 2.12 bits per heavy atom. The Labute approximate surface area is 140 Å². The van der Waals surface area contributed by atoms with Crippen LogP contribution in [0.3, 0.4) is 0 Å². The summed E-state index contributed by atoms with van der Waals surface area (Å²) < 4.78 is 1.12. The highest BCUT2D eigenvalue weighted by Crippen LogP contribution is 2.23. The Bertz CT molecular complexity index is 833. The third-order valence-electron chi connectivity index (χ3n) is 3.13. The van der Waals surface area contributed by atoms with Crippen molar-refractivity contribution in [2.24, 2.45) is 0 Å². The summed E-state index contributed by atoms with van der Waals surface area (Å²) in [6, 6.07) is 9.04. The van der Waals surface area contributed by atoms with E-state index < -0.39 is 16.9 Å². The van der Waals surface area contributed by atoms with Crippen molar-refractivity contribution in [3.63, 3.8) is 0 Å². The predicted octanol–water partition coefficient (Wildman–Crippen LogP) is 1.55. The quantitative estimate of drug-likeness (QED) is 0.536. The van der Waals surface area contributed by atoms with Crippen molar-refractivity contribution in [2.75, 3.05) is 0 Å². The van der Waals surface area contributed by atoms with Gasteiger partial charge in [0.05, 0.1) is 0 Å². The van der Waals surface area contributed by atoms with E-state index >= 15 is 0 Å². The number of hydrogen-bond acceptors (Lipinski definition) is 7. The zero-order valence-corrected chi connectivity index (χ0v) is 13.1. The molecular formula is C14H12N6O3S. The second-order valence-corrected chi connectivity index (χ2v) is 5.71. The second kappa shape index (κ2) is 6.96. The molecule has 10 heteroatoms. The first-order valence-electron chi connectivity index (χ1n) is 6.91. The van der Waals surface area contributed by atoms with Gasteiger partial charge in [-0.1, -0.05) is 35.3 Å². The van der Waals surface area contributed by atoms with Crippen LogP contribution in [0.2, 0.25) is 0 Å². The van der Waals surface area contributed by atoms with Crippen LogP contribution < -0.4 is 5.32 Å². The molecule has 0 bridgehead atoms. The smallest absolute Gasteiger partial charge is 0.390 e. The number of hydrogen-bond donors (Lipinski definition) is 1.